The van der Waals surface area contributed by atoms with Crippen LogP contribution in [-0.2, 0) is 0 Å². The summed E-state index contributed by atoms with van der Waals surface area (Å²) in [4.78, 5) is 10.0. The number of carbonyl (C=O) groups excluding carboxylic acids is 1. The highest BCUT2D eigenvalue weighted by Gasteiger charge is 2.02. The van der Waals surface area contributed by atoms with Crippen LogP contribution in [0.1, 0.15) is 19.8 Å². The van der Waals surface area contributed by atoms with E-state index in [9.17, 15) is 4.79 Å². The van der Waals surface area contributed by atoms with Crippen molar-refractivity contribution < 1.29 is 9.90 Å². The molecule has 0 unspecified atom stereocenters. The number of unbranched alkanes of at least 4 members (excludes halogenated alkanes) is 1. The highest BCUT2D eigenvalue weighted by Crippen LogP contribution is 1.78. The lowest BCUT2D eigenvalue weighted by atomic mass is 10.4. The summed E-state index contributed by atoms with van der Waals surface area (Å²) in [6.45, 7) is 3.95. The molecule has 1 aliphatic rings. The Morgan fingerprint density at radius 3 is 2.09 bits per heavy atom. The average Bonchev–Trinajstić information content (AvgIpc) is 2.43. The van der Waals surface area contributed by atoms with Crippen LogP contribution in [0.25, 0.3) is 0 Å². The Labute approximate surface area is 67.0 Å². The Kier molecular flexibility index (Phi) is 6.82. The van der Waals surface area contributed by atoms with E-state index in [0.29, 0.717) is 6.61 Å². The largest absolute Gasteiger partial charge is 0.396 e. The van der Waals surface area contributed by atoms with E-state index in [-0.39, 0.29) is 6.03 Å². The van der Waals surface area contributed by atoms with Crippen LogP contribution in [-0.4, -0.2) is 30.8 Å². The maximum atomic E-state index is 10.0. The molecule has 4 heteroatoms. The quantitative estimate of drug-likeness (QED) is 0.535. The van der Waals surface area contributed by atoms with Gasteiger partial charge >= 0.3 is 6.03 Å². The SMILES string of the molecule is CCCCO.O=C1NCCN1. The second-order valence-corrected chi connectivity index (χ2v) is 2.26. The lowest BCUT2D eigenvalue weighted by molar-refractivity contribution is 0.248. The van der Waals surface area contributed by atoms with Gasteiger partial charge in [-0.15, -0.1) is 0 Å². The van der Waals surface area contributed by atoms with Gasteiger partial charge < -0.3 is 15.7 Å². The molecule has 0 aromatic carbocycles. The van der Waals surface area contributed by atoms with Gasteiger partial charge in [0, 0.05) is 19.7 Å². The molecule has 0 saturated carbocycles. The van der Waals surface area contributed by atoms with E-state index in [1.54, 1.807) is 0 Å². The Morgan fingerprint density at radius 1 is 1.45 bits per heavy atom. The second kappa shape index (κ2) is 7.34. The minimum Gasteiger partial charge on any atom is -0.396 e. The van der Waals surface area contributed by atoms with Crippen molar-refractivity contribution in [2.75, 3.05) is 19.7 Å². The number of hydrogen-bond donors (Lipinski definition) is 3. The molecule has 0 radical (unpaired) electrons. The third-order valence-corrected chi connectivity index (χ3v) is 1.21. The zero-order valence-electron chi connectivity index (χ0n) is 6.89. The second-order valence-electron chi connectivity index (χ2n) is 2.26. The van der Waals surface area contributed by atoms with Crippen LogP contribution in [0.5, 0.6) is 0 Å². The summed E-state index contributed by atoms with van der Waals surface area (Å²) >= 11 is 0. The van der Waals surface area contributed by atoms with Crippen LogP contribution in [0.15, 0.2) is 0 Å². The molecule has 1 aliphatic heterocycles. The van der Waals surface area contributed by atoms with Crippen molar-refractivity contribution in [1.82, 2.24) is 10.6 Å². The number of urea groups is 1. The monoisotopic (exact) mass is 160 g/mol. The first kappa shape index (κ1) is 10.2. The molecule has 1 fully saturated rings. The van der Waals surface area contributed by atoms with Crippen molar-refractivity contribution in [3.63, 3.8) is 0 Å². The Morgan fingerprint density at radius 2 is 2.00 bits per heavy atom. The summed E-state index contributed by atoms with van der Waals surface area (Å²) < 4.78 is 0. The van der Waals surface area contributed by atoms with E-state index in [1.165, 1.54) is 0 Å². The molecular weight excluding hydrogens is 144 g/mol. The van der Waals surface area contributed by atoms with Crippen LogP contribution >= 0.6 is 0 Å². The standard InChI is InChI=1S/C4H10O.C3H6N2O/c1-2-3-4-5;6-3-4-1-2-5-3/h5H,2-4H2,1H3;1-2H2,(H2,4,5,6). The van der Waals surface area contributed by atoms with Crippen LogP contribution < -0.4 is 10.6 Å². The summed E-state index contributed by atoms with van der Waals surface area (Å²) in [7, 11) is 0. The predicted molar refractivity (Wildman–Crippen MR) is 43.4 cm³/mol. The molecular formula is C7H16N2O2. The van der Waals surface area contributed by atoms with E-state index in [2.05, 4.69) is 17.6 Å². The lowest BCUT2D eigenvalue weighted by Gasteiger charge is -1.80. The molecule has 66 valence electrons. The number of carbonyl (C=O) groups is 1. The van der Waals surface area contributed by atoms with Crippen LogP contribution in [0.3, 0.4) is 0 Å². The molecule has 0 aromatic heterocycles. The third kappa shape index (κ3) is 7.12. The van der Waals surface area contributed by atoms with Crippen molar-refractivity contribution in [3.05, 3.63) is 0 Å². The molecule has 1 heterocycles. The third-order valence-electron chi connectivity index (χ3n) is 1.21. The highest BCUT2D eigenvalue weighted by atomic mass is 16.2. The number of aliphatic hydroxyl groups excluding tert-OH is 1. The van der Waals surface area contributed by atoms with E-state index in [4.69, 9.17) is 5.11 Å². The molecule has 0 bridgehead atoms. The number of rotatable bonds is 2. The Bertz CT molecular complexity index is 96.6. The Balaban J connectivity index is 0.000000187. The maximum Gasteiger partial charge on any atom is 0.314 e. The van der Waals surface area contributed by atoms with Crippen molar-refractivity contribution >= 4 is 6.03 Å². The number of amides is 2. The van der Waals surface area contributed by atoms with Crippen molar-refractivity contribution in [2.24, 2.45) is 0 Å². The van der Waals surface area contributed by atoms with Crippen LogP contribution in [0.4, 0.5) is 4.79 Å². The zero-order valence-corrected chi connectivity index (χ0v) is 6.89. The Hall–Kier alpha value is -0.770. The van der Waals surface area contributed by atoms with Gasteiger partial charge in [-0.2, -0.15) is 0 Å². The highest BCUT2D eigenvalue weighted by molar-refractivity contribution is 5.75. The first-order valence-corrected chi connectivity index (χ1v) is 3.93. The van der Waals surface area contributed by atoms with Gasteiger partial charge in [0.05, 0.1) is 0 Å². The van der Waals surface area contributed by atoms with Crippen molar-refractivity contribution in [3.8, 4) is 0 Å². The molecule has 0 atom stereocenters. The van der Waals surface area contributed by atoms with Gasteiger partial charge in [0.1, 0.15) is 0 Å². The summed E-state index contributed by atoms with van der Waals surface area (Å²) in [5, 5.41) is 13.2. The van der Waals surface area contributed by atoms with E-state index >= 15 is 0 Å². The molecule has 0 aliphatic carbocycles. The first-order chi connectivity index (χ1) is 5.31. The predicted octanol–water partition coefficient (Wildman–Crippen LogP) is 0.0780. The molecule has 1 rings (SSSR count). The molecule has 2 amide bonds. The van der Waals surface area contributed by atoms with E-state index in [1.807, 2.05) is 0 Å². The van der Waals surface area contributed by atoms with E-state index in [0.717, 1.165) is 25.9 Å². The number of nitrogens with one attached hydrogen (secondary N) is 2. The summed E-state index contributed by atoms with van der Waals surface area (Å²) in [5.41, 5.74) is 0. The zero-order chi connectivity index (χ0) is 8.53. The van der Waals surface area contributed by atoms with Gasteiger partial charge in [0.25, 0.3) is 0 Å². The smallest absolute Gasteiger partial charge is 0.314 e. The average molecular weight is 160 g/mol. The molecule has 0 aromatic rings. The molecule has 11 heavy (non-hydrogen) atoms. The molecule has 0 spiro atoms. The normalized spacial score (nSPS) is 14.5. The fraction of sp³-hybridized carbons (Fsp3) is 0.857. The number of hydrogen-bond acceptors (Lipinski definition) is 2. The van der Waals surface area contributed by atoms with E-state index < -0.39 is 0 Å². The summed E-state index contributed by atoms with van der Waals surface area (Å²) in [6, 6.07) is -0.0463. The lowest BCUT2D eigenvalue weighted by Crippen LogP contribution is -2.20. The van der Waals surface area contributed by atoms with Gasteiger partial charge in [-0.05, 0) is 6.42 Å². The molecule has 3 N–H and O–H groups in total. The maximum absolute atomic E-state index is 10.0. The summed E-state index contributed by atoms with van der Waals surface area (Å²) in [5.74, 6) is 0. The van der Waals surface area contributed by atoms with Gasteiger partial charge in [0.2, 0.25) is 0 Å². The van der Waals surface area contributed by atoms with Crippen molar-refractivity contribution in [2.45, 2.75) is 19.8 Å². The van der Waals surface area contributed by atoms with Gasteiger partial charge in [-0.3, -0.25) is 0 Å². The minimum atomic E-state index is -0.0463. The van der Waals surface area contributed by atoms with Gasteiger partial charge in [0.15, 0.2) is 0 Å². The number of aliphatic hydroxyl groups is 1. The van der Waals surface area contributed by atoms with Crippen molar-refractivity contribution in [1.29, 1.82) is 0 Å². The fourth-order valence-corrected chi connectivity index (χ4v) is 0.573. The minimum absolute atomic E-state index is 0.0463. The van der Waals surface area contributed by atoms with Crippen LogP contribution in [0.2, 0.25) is 0 Å². The molecule has 4 nitrogen and oxygen atoms in total. The van der Waals surface area contributed by atoms with Crippen LogP contribution in [0, 0.1) is 0 Å². The molecule has 1 saturated heterocycles. The fourth-order valence-electron chi connectivity index (χ4n) is 0.573. The van der Waals surface area contributed by atoms with Gasteiger partial charge in [-0.1, -0.05) is 13.3 Å². The first-order valence-electron chi connectivity index (χ1n) is 3.93. The van der Waals surface area contributed by atoms with Gasteiger partial charge in [-0.25, -0.2) is 4.79 Å². The summed E-state index contributed by atoms with van der Waals surface area (Å²) in [6.07, 6.45) is 2.04. The topological polar surface area (TPSA) is 61.4 Å².